The lowest BCUT2D eigenvalue weighted by atomic mass is 9.87. The van der Waals surface area contributed by atoms with Gasteiger partial charge in [-0.25, -0.2) is 4.79 Å². The zero-order chi connectivity index (χ0) is 33.9. The highest BCUT2D eigenvalue weighted by atomic mass is 19.4. The van der Waals surface area contributed by atoms with Gasteiger partial charge < -0.3 is 29.7 Å². The number of nitrogens with zero attached hydrogens (tertiary/aromatic N) is 2. The van der Waals surface area contributed by atoms with E-state index in [9.17, 15) is 32.3 Å². The number of nitrogens with two attached hydrogens (primary N) is 1. The van der Waals surface area contributed by atoms with Gasteiger partial charge in [0.25, 0.3) is 0 Å². The van der Waals surface area contributed by atoms with Gasteiger partial charge in [-0.2, -0.15) is 13.2 Å². The monoisotopic (exact) mass is 659 g/mol. The fourth-order valence-electron chi connectivity index (χ4n) is 6.99. The van der Waals surface area contributed by atoms with Crippen molar-refractivity contribution in [1.82, 2.24) is 9.80 Å². The molecule has 0 saturated carbocycles. The number of alkyl halides is 3. The van der Waals surface area contributed by atoms with Gasteiger partial charge in [0.15, 0.2) is 6.61 Å². The topological polar surface area (TPSA) is 128 Å². The maximum absolute atomic E-state index is 12.5. The molecule has 0 radical (unpaired) electrons. The number of esters is 1. The maximum Gasteiger partial charge on any atom is 0.422 e. The average Bonchev–Trinajstić information content (AvgIpc) is 3.73. The summed E-state index contributed by atoms with van der Waals surface area (Å²) in [6.45, 7) is 4.38. The minimum atomic E-state index is -4.66. The van der Waals surface area contributed by atoms with Crippen molar-refractivity contribution in [3.8, 4) is 11.5 Å². The molecule has 13 heteroatoms. The summed E-state index contributed by atoms with van der Waals surface area (Å²) in [5, 5.41) is 0. The van der Waals surface area contributed by atoms with Gasteiger partial charge in [-0.05, 0) is 60.8 Å². The molecule has 254 valence electrons. The normalized spacial score (nSPS) is 23.3. The number of carbonyl (C=O) groups is 4. The van der Waals surface area contributed by atoms with Crippen LogP contribution in [0.2, 0.25) is 0 Å². The van der Waals surface area contributed by atoms with Crippen molar-refractivity contribution < 1.29 is 46.6 Å². The van der Waals surface area contributed by atoms with Crippen LogP contribution < -0.4 is 15.2 Å². The molecule has 2 N–H and O–H groups in total. The first-order valence-corrected chi connectivity index (χ1v) is 16.0. The summed E-state index contributed by atoms with van der Waals surface area (Å²) < 4.78 is 52.1. The Hall–Kier alpha value is -4.29. The van der Waals surface area contributed by atoms with Crippen LogP contribution in [0.1, 0.15) is 73.9 Å². The summed E-state index contributed by atoms with van der Waals surface area (Å²) >= 11 is 0. The highest BCUT2D eigenvalue weighted by molar-refractivity contribution is 6.34. The van der Waals surface area contributed by atoms with E-state index in [0.717, 1.165) is 53.9 Å². The lowest BCUT2D eigenvalue weighted by Crippen LogP contribution is -2.47. The standard InChI is InChI=1S/C18H20F3NO4.C16H20N2O3/c1-11-5-6-14(12-3-2-4-15-13(12)7-8-25-15)22(9-11)16(23)17(24)26-10-18(19,20)21;1-10-5-6-13(18(9-10)16(20)15(17)19)11-3-2-4-14-12(11)7-8-21-14/h2-4,11,14H,5-10H2,1H3;2-4,10,13H,5-9H2,1H3,(H2,17,19). The van der Waals surface area contributed by atoms with E-state index in [1.807, 2.05) is 43.3 Å². The third-order valence-corrected chi connectivity index (χ3v) is 9.18. The molecule has 47 heavy (non-hydrogen) atoms. The highest BCUT2D eigenvalue weighted by Gasteiger charge is 2.39. The second-order valence-electron chi connectivity index (χ2n) is 12.7. The Bertz CT molecular complexity index is 1510. The Morgan fingerprint density at radius 2 is 1.26 bits per heavy atom. The van der Waals surface area contributed by atoms with E-state index in [0.29, 0.717) is 45.1 Å². The predicted octanol–water partition coefficient (Wildman–Crippen LogP) is 4.43. The van der Waals surface area contributed by atoms with E-state index in [1.54, 1.807) is 4.90 Å². The van der Waals surface area contributed by atoms with Gasteiger partial charge in [0.2, 0.25) is 0 Å². The van der Waals surface area contributed by atoms with Gasteiger partial charge in [0.05, 0.1) is 25.3 Å². The molecule has 2 aromatic carbocycles. The van der Waals surface area contributed by atoms with Crippen molar-refractivity contribution >= 4 is 23.7 Å². The van der Waals surface area contributed by atoms with Crippen molar-refractivity contribution in [3.63, 3.8) is 0 Å². The molecular weight excluding hydrogens is 619 g/mol. The van der Waals surface area contributed by atoms with E-state index in [1.165, 1.54) is 10.5 Å². The summed E-state index contributed by atoms with van der Waals surface area (Å²) in [7, 11) is 0. The van der Waals surface area contributed by atoms with Crippen LogP contribution in [-0.4, -0.2) is 72.6 Å². The summed E-state index contributed by atoms with van der Waals surface area (Å²) in [5.41, 5.74) is 9.37. The molecule has 10 nitrogen and oxygen atoms in total. The fraction of sp³-hybridized carbons (Fsp3) is 0.529. The molecule has 4 aliphatic heterocycles. The van der Waals surface area contributed by atoms with Crippen molar-refractivity contribution in [3.05, 3.63) is 58.7 Å². The minimum Gasteiger partial charge on any atom is -0.493 e. The van der Waals surface area contributed by atoms with Gasteiger partial charge in [-0.1, -0.05) is 38.1 Å². The number of benzene rings is 2. The number of primary amides is 1. The number of halogens is 3. The summed E-state index contributed by atoms with van der Waals surface area (Å²) in [5.74, 6) is -1.75. The zero-order valence-corrected chi connectivity index (χ0v) is 26.5. The first kappa shape index (κ1) is 34.1. The van der Waals surface area contributed by atoms with Crippen molar-refractivity contribution in [2.45, 2.75) is 70.6 Å². The fourth-order valence-corrected chi connectivity index (χ4v) is 6.99. The Morgan fingerprint density at radius 3 is 1.70 bits per heavy atom. The third kappa shape index (κ3) is 7.82. The number of hydrogen-bond acceptors (Lipinski definition) is 7. The number of carbonyl (C=O) groups excluding carboxylic acids is 4. The molecule has 2 aromatic rings. The lowest BCUT2D eigenvalue weighted by molar-refractivity contribution is -0.190. The van der Waals surface area contributed by atoms with Crippen LogP contribution in [0.15, 0.2) is 36.4 Å². The Labute approximate surface area is 271 Å². The van der Waals surface area contributed by atoms with Gasteiger partial charge >= 0.3 is 29.9 Å². The molecule has 4 heterocycles. The largest absolute Gasteiger partial charge is 0.493 e. The van der Waals surface area contributed by atoms with Crippen molar-refractivity contribution in [2.75, 3.05) is 32.9 Å². The molecule has 2 saturated heterocycles. The predicted molar refractivity (Wildman–Crippen MR) is 163 cm³/mol. The van der Waals surface area contributed by atoms with E-state index >= 15 is 0 Å². The number of rotatable bonds is 3. The quantitative estimate of drug-likeness (QED) is 0.382. The molecule has 4 atom stereocenters. The van der Waals surface area contributed by atoms with Crippen molar-refractivity contribution in [1.29, 1.82) is 0 Å². The van der Waals surface area contributed by atoms with Crippen LogP contribution in [0.25, 0.3) is 0 Å². The molecule has 2 fully saturated rings. The molecule has 0 aromatic heterocycles. The van der Waals surface area contributed by atoms with Gasteiger partial charge in [0.1, 0.15) is 11.5 Å². The first-order chi connectivity index (χ1) is 22.3. The van der Waals surface area contributed by atoms with Gasteiger partial charge in [-0.15, -0.1) is 0 Å². The SMILES string of the molecule is CC1CCC(c2cccc3c2CCO3)N(C(=O)C(=O)OCC(F)(F)F)C1.CC1CCC(c2cccc3c2CCO3)N(C(=O)C(N)=O)C1. The molecule has 4 aliphatic rings. The molecule has 0 bridgehead atoms. The lowest BCUT2D eigenvalue weighted by Gasteiger charge is -2.39. The minimum absolute atomic E-state index is 0.0714. The third-order valence-electron chi connectivity index (χ3n) is 9.18. The van der Waals surface area contributed by atoms with E-state index in [2.05, 4.69) is 11.7 Å². The number of amides is 3. The zero-order valence-electron chi connectivity index (χ0n) is 26.5. The summed E-state index contributed by atoms with van der Waals surface area (Å²) in [6, 6.07) is 11.1. The van der Waals surface area contributed by atoms with Crippen LogP contribution in [0.5, 0.6) is 11.5 Å². The van der Waals surface area contributed by atoms with E-state index in [-0.39, 0.29) is 18.0 Å². The van der Waals surface area contributed by atoms with Crippen LogP contribution in [0.4, 0.5) is 13.2 Å². The molecule has 6 rings (SSSR count). The molecule has 0 aliphatic carbocycles. The van der Waals surface area contributed by atoms with Gasteiger partial charge in [-0.3, -0.25) is 14.4 Å². The summed E-state index contributed by atoms with van der Waals surface area (Å²) in [4.78, 5) is 50.8. The average molecular weight is 660 g/mol. The number of likely N-dealkylation sites (tertiary alicyclic amines) is 2. The first-order valence-electron chi connectivity index (χ1n) is 16.0. The van der Waals surface area contributed by atoms with Crippen molar-refractivity contribution in [2.24, 2.45) is 17.6 Å². The van der Waals surface area contributed by atoms with E-state index in [4.69, 9.17) is 15.2 Å². The second-order valence-corrected chi connectivity index (χ2v) is 12.7. The number of piperidine rings is 2. The van der Waals surface area contributed by atoms with Crippen LogP contribution in [-0.2, 0) is 36.8 Å². The van der Waals surface area contributed by atoms with Gasteiger partial charge in [0, 0.05) is 37.1 Å². The smallest absolute Gasteiger partial charge is 0.422 e. The maximum atomic E-state index is 12.5. The van der Waals surface area contributed by atoms with Crippen LogP contribution >= 0.6 is 0 Å². The Kier molecular flexibility index (Phi) is 10.3. The highest BCUT2D eigenvalue weighted by Crippen LogP contribution is 2.41. The number of hydrogen-bond donors (Lipinski definition) is 1. The number of ether oxygens (including phenoxy) is 3. The van der Waals surface area contributed by atoms with Crippen LogP contribution in [0.3, 0.4) is 0 Å². The Morgan fingerprint density at radius 1 is 0.787 bits per heavy atom. The molecule has 0 spiro atoms. The van der Waals surface area contributed by atoms with Crippen LogP contribution in [0, 0.1) is 11.8 Å². The molecular formula is C34H40F3N3O7. The second kappa shape index (κ2) is 14.2. The summed E-state index contributed by atoms with van der Waals surface area (Å²) in [6.07, 6.45) is 0.289. The Balaban J connectivity index is 0.000000189. The molecule has 3 amide bonds. The number of fused-ring (bicyclic) bond motifs is 2. The van der Waals surface area contributed by atoms with E-state index < -0.39 is 36.5 Å². The molecule has 4 unspecified atom stereocenters.